The molecule has 5 N–H and O–H groups in total. The van der Waals surface area contributed by atoms with Gasteiger partial charge in [-0.05, 0) is 37.0 Å². The Morgan fingerprint density at radius 3 is 2.23 bits per heavy atom. The van der Waals surface area contributed by atoms with E-state index in [-0.39, 0.29) is 12.5 Å². The molecule has 0 aliphatic carbocycles. The van der Waals surface area contributed by atoms with Gasteiger partial charge in [0.2, 0.25) is 11.8 Å². The summed E-state index contributed by atoms with van der Waals surface area (Å²) in [6.07, 6.45) is -1.01. The molecule has 0 aromatic heterocycles. The van der Waals surface area contributed by atoms with E-state index in [0.29, 0.717) is 12.2 Å². The molecular formula is C20H29BrN4O6. The van der Waals surface area contributed by atoms with Gasteiger partial charge in [0.15, 0.2) is 0 Å². The van der Waals surface area contributed by atoms with Gasteiger partial charge in [0.1, 0.15) is 18.7 Å². The van der Waals surface area contributed by atoms with Gasteiger partial charge >= 0.3 is 12.2 Å². The molecule has 1 rings (SSSR count). The van der Waals surface area contributed by atoms with Crippen molar-refractivity contribution in [3.8, 4) is 0 Å². The molecule has 2 unspecified atom stereocenters. The Bertz CT molecular complexity index is 757. The third kappa shape index (κ3) is 10.2. The Balaban J connectivity index is 2.53. The molecule has 0 saturated heterocycles. The van der Waals surface area contributed by atoms with E-state index in [2.05, 4.69) is 37.2 Å². The number of alkyl halides is 1. The first-order chi connectivity index (χ1) is 14.6. The van der Waals surface area contributed by atoms with Crippen molar-refractivity contribution in [3.63, 3.8) is 0 Å². The second kappa shape index (κ2) is 13.5. The number of anilines is 1. The molecular weight excluding hydrogens is 472 g/mol. The van der Waals surface area contributed by atoms with Crippen LogP contribution in [-0.4, -0.2) is 53.1 Å². The number of hydrogen-bond acceptors (Lipinski definition) is 5. The summed E-state index contributed by atoms with van der Waals surface area (Å²) in [6.45, 7) is 5.51. The fraction of sp³-hybridized carbons (Fsp3) is 0.500. The van der Waals surface area contributed by atoms with E-state index in [0.717, 1.165) is 17.3 Å². The molecule has 4 amide bonds. The molecule has 0 bridgehead atoms. The lowest BCUT2D eigenvalue weighted by atomic mass is 10.0. The Hall–Kier alpha value is -2.82. The van der Waals surface area contributed by atoms with Crippen LogP contribution >= 0.6 is 15.9 Å². The van der Waals surface area contributed by atoms with Crippen molar-refractivity contribution in [2.45, 2.75) is 45.9 Å². The van der Waals surface area contributed by atoms with Crippen LogP contribution in [0.4, 0.5) is 15.3 Å². The third-order valence-electron chi connectivity index (χ3n) is 4.15. The molecule has 1 aromatic rings. The third-order valence-corrected chi connectivity index (χ3v) is 4.71. The maximum Gasteiger partial charge on any atom is 0.407 e. The average molecular weight is 501 g/mol. The fourth-order valence-electron chi connectivity index (χ4n) is 2.43. The summed E-state index contributed by atoms with van der Waals surface area (Å²) in [4.78, 5) is 47.0. The minimum absolute atomic E-state index is 0.0913. The van der Waals surface area contributed by atoms with Gasteiger partial charge in [-0.25, -0.2) is 9.59 Å². The van der Waals surface area contributed by atoms with E-state index in [9.17, 15) is 19.2 Å². The van der Waals surface area contributed by atoms with Gasteiger partial charge in [-0.2, -0.15) is 0 Å². The van der Waals surface area contributed by atoms with Crippen LogP contribution in [0.25, 0.3) is 0 Å². The van der Waals surface area contributed by atoms with Crippen LogP contribution < -0.4 is 21.3 Å². The Morgan fingerprint density at radius 2 is 1.68 bits per heavy atom. The summed E-state index contributed by atoms with van der Waals surface area (Å²) in [5.41, 5.74) is 1.25. The van der Waals surface area contributed by atoms with Crippen molar-refractivity contribution in [2.75, 3.05) is 17.2 Å². The lowest BCUT2D eigenvalue weighted by molar-refractivity contribution is -0.128. The second-order valence-electron chi connectivity index (χ2n) is 7.13. The Kier molecular flexibility index (Phi) is 11.4. The summed E-state index contributed by atoms with van der Waals surface area (Å²) in [6, 6.07) is 4.86. The number of nitrogens with one attached hydrogen (secondary N) is 4. The molecule has 0 radical (unpaired) electrons. The van der Waals surface area contributed by atoms with Crippen molar-refractivity contribution in [1.29, 1.82) is 0 Å². The summed E-state index contributed by atoms with van der Waals surface area (Å²) < 4.78 is 5.10. The number of amides is 4. The van der Waals surface area contributed by atoms with Gasteiger partial charge in [0.25, 0.3) is 0 Å². The van der Waals surface area contributed by atoms with Crippen LogP contribution in [0.2, 0.25) is 0 Å². The lowest BCUT2D eigenvalue weighted by Crippen LogP contribution is -2.53. The molecule has 0 aliphatic heterocycles. The summed E-state index contributed by atoms with van der Waals surface area (Å²) in [7, 11) is 0. The van der Waals surface area contributed by atoms with E-state index >= 15 is 0 Å². The Morgan fingerprint density at radius 1 is 1.03 bits per heavy atom. The number of ether oxygens (including phenoxy) is 1. The highest BCUT2D eigenvalue weighted by Gasteiger charge is 2.26. The molecule has 0 aliphatic rings. The van der Waals surface area contributed by atoms with Gasteiger partial charge in [-0.1, -0.05) is 41.9 Å². The van der Waals surface area contributed by atoms with Crippen LogP contribution in [0.3, 0.4) is 0 Å². The number of carbonyl (C=O) groups is 4. The summed E-state index contributed by atoms with van der Waals surface area (Å²) in [5, 5.41) is 19.6. The highest BCUT2D eigenvalue weighted by atomic mass is 79.9. The van der Waals surface area contributed by atoms with Crippen molar-refractivity contribution < 1.29 is 29.0 Å². The van der Waals surface area contributed by atoms with Gasteiger partial charge < -0.3 is 31.1 Å². The molecule has 0 heterocycles. The molecule has 172 valence electrons. The van der Waals surface area contributed by atoms with Crippen LogP contribution in [-0.2, 0) is 20.9 Å². The first-order valence-electron chi connectivity index (χ1n) is 9.80. The van der Waals surface area contributed by atoms with Crippen LogP contribution in [0.15, 0.2) is 24.3 Å². The standard InChI is InChI=1S/C20H29BrN4O6/c1-12(2)16(25-19(28)29)18(27)23-13(3)17(26)24-15-7-5-14(6-8-15)11-31-20(30)22-10-4-9-21/h5-8,12-13,16,25H,4,9-11H2,1-3H3,(H,22,30)(H,23,27)(H,24,26)(H,28,29). The Labute approximate surface area is 189 Å². The van der Waals surface area contributed by atoms with E-state index in [1.54, 1.807) is 38.1 Å². The number of carbonyl (C=O) groups excluding carboxylic acids is 3. The minimum Gasteiger partial charge on any atom is -0.465 e. The van der Waals surface area contributed by atoms with Crippen molar-refractivity contribution in [2.24, 2.45) is 5.92 Å². The predicted octanol–water partition coefficient (Wildman–Crippen LogP) is 2.43. The molecule has 0 saturated carbocycles. The van der Waals surface area contributed by atoms with E-state index in [1.165, 1.54) is 6.92 Å². The molecule has 0 spiro atoms. The van der Waals surface area contributed by atoms with Gasteiger partial charge in [0.05, 0.1) is 0 Å². The zero-order valence-electron chi connectivity index (χ0n) is 17.7. The van der Waals surface area contributed by atoms with Gasteiger partial charge in [0, 0.05) is 17.6 Å². The monoisotopic (exact) mass is 500 g/mol. The average Bonchev–Trinajstić information content (AvgIpc) is 2.71. The van der Waals surface area contributed by atoms with Crippen LogP contribution in [0.5, 0.6) is 0 Å². The fourth-order valence-corrected chi connectivity index (χ4v) is 2.71. The first-order valence-corrected chi connectivity index (χ1v) is 10.9. The van der Waals surface area contributed by atoms with Crippen molar-refractivity contribution in [1.82, 2.24) is 16.0 Å². The highest BCUT2D eigenvalue weighted by Crippen LogP contribution is 2.11. The van der Waals surface area contributed by atoms with Crippen molar-refractivity contribution in [3.05, 3.63) is 29.8 Å². The second-order valence-corrected chi connectivity index (χ2v) is 7.93. The van der Waals surface area contributed by atoms with Gasteiger partial charge in [-0.15, -0.1) is 0 Å². The highest BCUT2D eigenvalue weighted by molar-refractivity contribution is 9.09. The minimum atomic E-state index is -1.31. The first kappa shape index (κ1) is 26.2. The summed E-state index contributed by atoms with van der Waals surface area (Å²) >= 11 is 3.27. The quantitative estimate of drug-likeness (QED) is 0.233. The zero-order valence-corrected chi connectivity index (χ0v) is 19.3. The molecule has 0 fully saturated rings. The molecule has 1 aromatic carbocycles. The smallest absolute Gasteiger partial charge is 0.407 e. The topological polar surface area (TPSA) is 146 Å². The largest absolute Gasteiger partial charge is 0.465 e. The van der Waals surface area contributed by atoms with E-state index in [1.807, 2.05) is 0 Å². The van der Waals surface area contributed by atoms with Gasteiger partial charge in [-0.3, -0.25) is 9.59 Å². The number of carboxylic acid groups (broad SMARTS) is 1. The summed E-state index contributed by atoms with van der Waals surface area (Å²) in [5.74, 6) is -1.32. The number of halogens is 1. The maximum absolute atomic E-state index is 12.3. The predicted molar refractivity (Wildman–Crippen MR) is 119 cm³/mol. The number of alkyl carbamates (subject to hydrolysis) is 1. The number of rotatable bonds is 11. The van der Waals surface area contributed by atoms with Crippen LogP contribution in [0.1, 0.15) is 32.8 Å². The molecule has 11 heteroatoms. The molecule has 2 atom stereocenters. The number of benzene rings is 1. The molecule has 31 heavy (non-hydrogen) atoms. The molecule has 10 nitrogen and oxygen atoms in total. The van der Waals surface area contributed by atoms with E-state index in [4.69, 9.17) is 9.84 Å². The van der Waals surface area contributed by atoms with Crippen molar-refractivity contribution >= 4 is 45.6 Å². The number of hydrogen-bond donors (Lipinski definition) is 5. The van der Waals surface area contributed by atoms with E-state index < -0.39 is 36.1 Å². The normalized spacial score (nSPS) is 12.4. The zero-order chi connectivity index (χ0) is 23.4. The van der Waals surface area contributed by atoms with Crippen LogP contribution in [0, 0.1) is 5.92 Å². The SMILES string of the molecule is CC(NC(=O)C(NC(=O)O)C(C)C)C(=O)Nc1ccc(COC(=O)NCCCBr)cc1. The maximum atomic E-state index is 12.3. The lowest BCUT2D eigenvalue weighted by Gasteiger charge is -2.22.